The van der Waals surface area contributed by atoms with Crippen LogP contribution in [0.4, 0.5) is 10.5 Å². The van der Waals surface area contributed by atoms with Gasteiger partial charge in [-0.2, -0.15) is 0 Å². The van der Waals surface area contributed by atoms with Crippen molar-refractivity contribution in [3.05, 3.63) is 72.6 Å². The number of benzene rings is 2. The number of pyridine rings is 1. The largest absolute Gasteiger partial charge is 0.478 e. The summed E-state index contributed by atoms with van der Waals surface area (Å²) in [5, 5.41) is 15.6. The number of carboxylic acid groups (broad SMARTS) is 1. The van der Waals surface area contributed by atoms with E-state index in [9.17, 15) is 14.4 Å². The number of alkyl carbamates (subject to hydrolysis) is 1. The molecule has 2 aromatic carbocycles. The summed E-state index contributed by atoms with van der Waals surface area (Å²) in [7, 11) is 0. The zero-order valence-electron chi connectivity index (χ0n) is 21.5. The predicted octanol–water partition coefficient (Wildman–Crippen LogP) is 5.84. The molecule has 0 fully saturated rings. The standard InChI is InChI=1S/C29H30N4O5/c1-29(2,3)38-28(37)30-13-5-8-25(34)33-22-7-4-6-20(14-22)21-15-23-24(17-32-26(23)31-16-21)18-9-11-19(12-10-18)27(35)36/h4,6-7,9-12,14-17H,5,8,13H2,1-3H3,(H,30,37)(H,31,32)(H,33,34)(H,35,36). The van der Waals surface area contributed by atoms with E-state index >= 15 is 0 Å². The lowest BCUT2D eigenvalue weighted by Gasteiger charge is -2.19. The number of nitrogens with zero attached hydrogens (tertiary/aromatic N) is 1. The van der Waals surface area contributed by atoms with E-state index in [1.54, 1.807) is 51.2 Å². The van der Waals surface area contributed by atoms with Gasteiger partial charge in [0.25, 0.3) is 0 Å². The number of aromatic carboxylic acids is 1. The van der Waals surface area contributed by atoms with Crippen molar-refractivity contribution in [1.82, 2.24) is 15.3 Å². The minimum Gasteiger partial charge on any atom is -0.478 e. The number of aromatic amines is 1. The van der Waals surface area contributed by atoms with Crippen LogP contribution < -0.4 is 10.6 Å². The summed E-state index contributed by atoms with van der Waals surface area (Å²) in [5.74, 6) is -1.12. The second kappa shape index (κ2) is 11.2. The molecule has 2 amide bonds. The zero-order valence-corrected chi connectivity index (χ0v) is 21.5. The van der Waals surface area contributed by atoms with Crippen molar-refractivity contribution in [1.29, 1.82) is 0 Å². The minimum absolute atomic E-state index is 0.153. The molecule has 2 aromatic heterocycles. The molecular formula is C29H30N4O5. The van der Waals surface area contributed by atoms with Crippen LogP contribution in [0.15, 0.2) is 67.0 Å². The predicted molar refractivity (Wildman–Crippen MR) is 146 cm³/mol. The van der Waals surface area contributed by atoms with Gasteiger partial charge in [-0.05, 0) is 68.7 Å². The van der Waals surface area contributed by atoms with Gasteiger partial charge in [0.2, 0.25) is 5.91 Å². The first kappa shape index (κ1) is 26.4. The number of carbonyl (C=O) groups excluding carboxylic acids is 2. The number of ether oxygens (including phenoxy) is 1. The number of anilines is 1. The molecule has 9 heteroatoms. The van der Waals surface area contributed by atoms with Gasteiger partial charge in [0, 0.05) is 47.6 Å². The van der Waals surface area contributed by atoms with E-state index in [1.165, 1.54) is 0 Å². The van der Waals surface area contributed by atoms with Crippen LogP contribution in [0.3, 0.4) is 0 Å². The number of amides is 2. The molecular weight excluding hydrogens is 484 g/mol. The minimum atomic E-state index is -0.969. The molecule has 0 bridgehead atoms. The second-order valence-corrected chi connectivity index (χ2v) is 9.87. The third kappa shape index (κ3) is 6.76. The Morgan fingerprint density at radius 1 is 1.00 bits per heavy atom. The molecule has 0 unspecified atom stereocenters. The lowest BCUT2D eigenvalue weighted by atomic mass is 10.0. The van der Waals surface area contributed by atoms with Gasteiger partial charge >= 0.3 is 12.1 Å². The van der Waals surface area contributed by atoms with Gasteiger partial charge in [-0.1, -0.05) is 24.3 Å². The van der Waals surface area contributed by atoms with Crippen molar-refractivity contribution in [3.8, 4) is 22.3 Å². The number of carboxylic acids is 1. The second-order valence-electron chi connectivity index (χ2n) is 9.87. The highest BCUT2D eigenvalue weighted by molar-refractivity contribution is 5.97. The van der Waals surface area contributed by atoms with Crippen LogP contribution in [0.25, 0.3) is 33.3 Å². The Hall–Kier alpha value is -4.66. The van der Waals surface area contributed by atoms with Crippen LogP contribution in [0.5, 0.6) is 0 Å². The number of aromatic nitrogens is 2. The van der Waals surface area contributed by atoms with Gasteiger partial charge in [0.15, 0.2) is 0 Å². The van der Waals surface area contributed by atoms with E-state index in [0.717, 1.165) is 33.3 Å². The monoisotopic (exact) mass is 514 g/mol. The smallest absolute Gasteiger partial charge is 0.407 e. The van der Waals surface area contributed by atoms with E-state index < -0.39 is 17.7 Å². The summed E-state index contributed by atoms with van der Waals surface area (Å²) >= 11 is 0. The number of carbonyl (C=O) groups is 3. The maximum absolute atomic E-state index is 12.4. The topological polar surface area (TPSA) is 133 Å². The first-order valence-electron chi connectivity index (χ1n) is 12.3. The molecule has 0 aliphatic rings. The Morgan fingerprint density at radius 3 is 2.47 bits per heavy atom. The highest BCUT2D eigenvalue weighted by atomic mass is 16.6. The molecule has 4 aromatic rings. The van der Waals surface area contributed by atoms with Crippen LogP contribution >= 0.6 is 0 Å². The fourth-order valence-corrected chi connectivity index (χ4v) is 3.95. The number of hydrogen-bond donors (Lipinski definition) is 4. The molecule has 0 aliphatic carbocycles. The van der Waals surface area contributed by atoms with Gasteiger partial charge in [-0.15, -0.1) is 0 Å². The normalized spacial score (nSPS) is 11.2. The average Bonchev–Trinajstić information content (AvgIpc) is 3.29. The molecule has 0 spiro atoms. The third-order valence-corrected chi connectivity index (χ3v) is 5.70. The number of hydrogen-bond acceptors (Lipinski definition) is 5. The molecule has 0 atom stereocenters. The fourth-order valence-electron chi connectivity index (χ4n) is 3.95. The summed E-state index contributed by atoms with van der Waals surface area (Å²) < 4.78 is 5.18. The Morgan fingerprint density at radius 2 is 1.76 bits per heavy atom. The van der Waals surface area contributed by atoms with E-state index in [4.69, 9.17) is 9.84 Å². The Labute approximate surface area is 220 Å². The van der Waals surface area contributed by atoms with Gasteiger partial charge < -0.3 is 25.5 Å². The van der Waals surface area contributed by atoms with Gasteiger partial charge in [-0.3, -0.25) is 4.79 Å². The molecule has 38 heavy (non-hydrogen) atoms. The lowest BCUT2D eigenvalue weighted by Crippen LogP contribution is -2.33. The van der Waals surface area contributed by atoms with E-state index in [-0.39, 0.29) is 17.9 Å². The van der Waals surface area contributed by atoms with Crippen molar-refractivity contribution in [2.75, 3.05) is 11.9 Å². The molecule has 2 heterocycles. The molecule has 0 saturated heterocycles. The molecule has 0 aliphatic heterocycles. The Bertz CT molecular complexity index is 1470. The SMILES string of the molecule is CC(C)(C)OC(=O)NCCCC(=O)Nc1cccc(-c2cnc3[nH]cc(-c4ccc(C(=O)O)cc4)c3c2)c1. The van der Waals surface area contributed by atoms with Crippen LogP contribution in [-0.2, 0) is 9.53 Å². The van der Waals surface area contributed by atoms with Crippen molar-refractivity contribution >= 4 is 34.7 Å². The first-order chi connectivity index (χ1) is 18.1. The summed E-state index contributed by atoms with van der Waals surface area (Å²) in [6.07, 6.45) is 3.85. The Kier molecular flexibility index (Phi) is 7.76. The van der Waals surface area contributed by atoms with Crippen molar-refractivity contribution in [2.24, 2.45) is 0 Å². The molecule has 0 radical (unpaired) electrons. The van der Waals surface area contributed by atoms with Gasteiger partial charge in [0.1, 0.15) is 11.2 Å². The lowest BCUT2D eigenvalue weighted by molar-refractivity contribution is -0.116. The van der Waals surface area contributed by atoms with Crippen molar-refractivity contribution < 1.29 is 24.2 Å². The maximum atomic E-state index is 12.4. The van der Waals surface area contributed by atoms with Crippen molar-refractivity contribution in [2.45, 2.75) is 39.2 Å². The van der Waals surface area contributed by atoms with Crippen LogP contribution in [0, 0.1) is 0 Å². The molecule has 4 N–H and O–H groups in total. The Balaban J connectivity index is 1.42. The summed E-state index contributed by atoms with van der Waals surface area (Å²) in [6.45, 7) is 5.72. The average molecular weight is 515 g/mol. The molecule has 9 nitrogen and oxygen atoms in total. The zero-order chi connectivity index (χ0) is 27.3. The van der Waals surface area contributed by atoms with E-state index in [2.05, 4.69) is 20.6 Å². The van der Waals surface area contributed by atoms with Crippen molar-refractivity contribution in [3.63, 3.8) is 0 Å². The highest BCUT2D eigenvalue weighted by Gasteiger charge is 2.16. The third-order valence-electron chi connectivity index (χ3n) is 5.70. The van der Waals surface area contributed by atoms with Gasteiger partial charge in [0.05, 0.1) is 5.56 Å². The van der Waals surface area contributed by atoms with E-state index in [1.807, 2.05) is 36.5 Å². The van der Waals surface area contributed by atoms with Crippen LogP contribution in [-0.4, -0.2) is 45.2 Å². The molecule has 0 saturated carbocycles. The summed E-state index contributed by atoms with van der Waals surface area (Å²) in [6, 6.07) is 16.2. The fraction of sp³-hybridized carbons (Fsp3) is 0.241. The molecule has 4 rings (SSSR count). The number of nitrogens with one attached hydrogen (secondary N) is 3. The van der Waals surface area contributed by atoms with Crippen LogP contribution in [0.2, 0.25) is 0 Å². The highest BCUT2D eigenvalue weighted by Crippen LogP contribution is 2.32. The van der Waals surface area contributed by atoms with Gasteiger partial charge in [-0.25, -0.2) is 14.6 Å². The number of rotatable bonds is 8. The number of fused-ring (bicyclic) bond motifs is 1. The summed E-state index contributed by atoms with van der Waals surface area (Å²) in [5.41, 5.74) is 4.59. The van der Waals surface area contributed by atoms with Crippen LogP contribution in [0.1, 0.15) is 44.0 Å². The number of H-pyrrole nitrogens is 1. The summed E-state index contributed by atoms with van der Waals surface area (Å²) in [4.78, 5) is 43.0. The quantitative estimate of drug-likeness (QED) is 0.218. The maximum Gasteiger partial charge on any atom is 0.407 e. The van der Waals surface area contributed by atoms with E-state index in [0.29, 0.717) is 18.7 Å². The first-order valence-corrected chi connectivity index (χ1v) is 12.3. The molecule has 196 valence electrons.